The Kier molecular flexibility index (Phi) is 4.08. The first-order valence-corrected chi connectivity index (χ1v) is 4.92. The molecule has 0 saturated heterocycles. The summed E-state index contributed by atoms with van der Waals surface area (Å²) in [6.07, 6.45) is 2.80. The smallest absolute Gasteiger partial charge is 0.191 e. The van der Waals surface area contributed by atoms with Crippen LogP contribution in [0.4, 0.5) is 0 Å². The number of benzene rings is 1. The summed E-state index contributed by atoms with van der Waals surface area (Å²) >= 11 is 5.41. The molecule has 5 N–H and O–H groups in total. The van der Waals surface area contributed by atoms with Crippen LogP contribution in [0.3, 0.4) is 0 Å². The van der Waals surface area contributed by atoms with Crippen LogP contribution in [0, 0.1) is 6.92 Å². The third kappa shape index (κ3) is 3.74. The monoisotopic (exact) mass is 240 g/mol. The minimum Gasteiger partial charge on any atom is -0.504 e. The summed E-state index contributed by atoms with van der Waals surface area (Å²) < 4.78 is 5.18. The Labute approximate surface area is 98.8 Å². The summed E-state index contributed by atoms with van der Waals surface area (Å²) in [6.45, 7) is 1.86. The molecule has 0 atom stereocenters. The first-order chi connectivity index (χ1) is 7.49. The molecule has 0 aliphatic heterocycles. The van der Waals surface area contributed by atoms with Gasteiger partial charge in [-0.3, -0.25) is 0 Å². The second-order valence-corrected chi connectivity index (χ2v) is 3.63. The SMILES string of the molecule is Cc1ccc(O/C(N)=C/C=C(\N)Cl)c(O)c1. The lowest BCUT2D eigenvalue weighted by atomic mass is 10.2. The van der Waals surface area contributed by atoms with E-state index >= 15 is 0 Å². The molecule has 16 heavy (non-hydrogen) atoms. The Hall–Kier alpha value is -1.81. The van der Waals surface area contributed by atoms with Crippen molar-refractivity contribution in [2.45, 2.75) is 6.92 Å². The lowest BCUT2D eigenvalue weighted by Gasteiger charge is -2.07. The molecule has 0 aliphatic rings. The maximum atomic E-state index is 9.54. The molecule has 0 heterocycles. The number of halogens is 1. The number of rotatable bonds is 3. The summed E-state index contributed by atoms with van der Waals surface area (Å²) in [4.78, 5) is 0. The van der Waals surface area contributed by atoms with Crippen molar-refractivity contribution in [3.63, 3.8) is 0 Å². The third-order valence-electron chi connectivity index (χ3n) is 1.75. The number of aryl methyl sites for hydroxylation is 1. The lowest BCUT2D eigenvalue weighted by molar-refractivity contribution is 0.378. The molecular formula is C11H13ClN2O2. The zero-order chi connectivity index (χ0) is 12.1. The van der Waals surface area contributed by atoms with Crippen LogP contribution >= 0.6 is 11.6 Å². The van der Waals surface area contributed by atoms with Gasteiger partial charge in [0, 0.05) is 6.08 Å². The molecule has 1 rings (SSSR count). The van der Waals surface area contributed by atoms with Gasteiger partial charge in [0.15, 0.2) is 17.4 Å². The van der Waals surface area contributed by atoms with Gasteiger partial charge in [-0.1, -0.05) is 17.7 Å². The standard InChI is InChI=1S/C11H13ClN2O2/c1-7-2-3-9(8(15)6-7)16-11(14)5-4-10(12)13/h2-6,15H,13-14H2,1H3/b10-4-,11-5+. The lowest BCUT2D eigenvalue weighted by Crippen LogP contribution is -2.05. The molecule has 1 aromatic rings. The Morgan fingerprint density at radius 3 is 2.62 bits per heavy atom. The van der Waals surface area contributed by atoms with E-state index in [2.05, 4.69) is 0 Å². The van der Waals surface area contributed by atoms with E-state index in [1.165, 1.54) is 12.2 Å². The molecule has 0 aromatic heterocycles. The average molecular weight is 241 g/mol. The highest BCUT2D eigenvalue weighted by atomic mass is 35.5. The number of allylic oxidation sites excluding steroid dienone is 2. The molecule has 86 valence electrons. The van der Waals surface area contributed by atoms with Crippen LogP contribution in [-0.2, 0) is 0 Å². The molecular weight excluding hydrogens is 228 g/mol. The number of aromatic hydroxyl groups is 1. The molecule has 4 nitrogen and oxygen atoms in total. The van der Waals surface area contributed by atoms with Gasteiger partial charge >= 0.3 is 0 Å². The van der Waals surface area contributed by atoms with E-state index in [0.29, 0.717) is 0 Å². The van der Waals surface area contributed by atoms with E-state index in [9.17, 15) is 5.11 Å². The van der Waals surface area contributed by atoms with Crippen molar-refractivity contribution in [2.24, 2.45) is 11.5 Å². The van der Waals surface area contributed by atoms with Gasteiger partial charge in [0.25, 0.3) is 0 Å². The fourth-order valence-corrected chi connectivity index (χ4v) is 1.10. The van der Waals surface area contributed by atoms with Crippen molar-refractivity contribution in [2.75, 3.05) is 0 Å². The zero-order valence-corrected chi connectivity index (χ0v) is 9.53. The molecule has 0 saturated carbocycles. The van der Waals surface area contributed by atoms with Crippen molar-refractivity contribution < 1.29 is 9.84 Å². The fourth-order valence-electron chi connectivity index (χ4n) is 1.04. The second kappa shape index (κ2) is 5.32. The van der Waals surface area contributed by atoms with Gasteiger partial charge in [0.1, 0.15) is 0 Å². The number of hydrogen-bond acceptors (Lipinski definition) is 4. The van der Waals surface area contributed by atoms with E-state index in [0.717, 1.165) is 5.56 Å². The van der Waals surface area contributed by atoms with E-state index in [-0.39, 0.29) is 22.5 Å². The van der Waals surface area contributed by atoms with Crippen LogP contribution in [-0.4, -0.2) is 5.11 Å². The van der Waals surface area contributed by atoms with Gasteiger partial charge in [0.05, 0.1) is 5.16 Å². The van der Waals surface area contributed by atoms with Crippen LogP contribution in [0.5, 0.6) is 11.5 Å². The van der Waals surface area contributed by atoms with Gasteiger partial charge in [-0.25, -0.2) is 0 Å². The van der Waals surface area contributed by atoms with E-state index < -0.39 is 0 Å². The van der Waals surface area contributed by atoms with Gasteiger partial charge in [0.2, 0.25) is 0 Å². The van der Waals surface area contributed by atoms with Crippen molar-refractivity contribution in [1.29, 1.82) is 0 Å². The highest BCUT2D eigenvalue weighted by Crippen LogP contribution is 2.27. The van der Waals surface area contributed by atoms with Gasteiger partial charge < -0.3 is 21.3 Å². The average Bonchev–Trinajstić information content (AvgIpc) is 2.19. The first-order valence-electron chi connectivity index (χ1n) is 4.55. The van der Waals surface area contributed by atoms with Crippen LogP contribution in [0.2, 0.25) is 0 Å². The maximum absolute atomic E-state index is 9.54. The molecule has 0 spiro atoms. The number of phenols is 1. The summed E-state index contributed by atoms with van der Waals surface area (Å²) in [5, 5.41) is 9.64. The minimum absolute atomic E-state index is 0.0270. The molecule has 1 aromatic carbocycles. The van der Waals surface area contributed by atoms with E-state index in [1.807, 2.05) is 6.92 Å². The Bertz CT molecular complexity index is 438. The Morgan fingerprint density at radius 2 is 2.06 bits per heavy atom. The van der Waals surface area contributed by atoms with Crippen molar-refractivity contribution in [1.82, 2.24) is 0 Å². The normalized spacial score (nSPS) is 12.6. The van der Waals surface area contributed by atoms with E-state index in [4.69, 9.17) is 27.8 Å². The molecule has 0 unspecified atom stereocenters. The van der Waals surface area contributed by atoms with Crippen LogP contribution in [0.15, 0.2) is 41.4 Å². The zero-order valence-electron chi connectivity index (χ0n) is 8.77. The summed E-state index contributed by atoms with van der Waals surface area (Å²) in [7, 11) is 0. The quantitative estimate of drug-likeness (QED) is 0.428. The Morgan fingerprint density at radius 1 is 1.38 bits per heavy atom. The van der Waals surface area contributed by atoms with Crippen molar-refractivity contribution in [3.8, 4) is 11.5 Å². The molecule has 0 bridgehead atoms. The predicted octanol–water partition coefficient (Wildman–Crippen LogP) is 1.92. The van der Waals surface area contributed by atoms with Gasteiger partial charge in [-0.2, -0.15) is 0 Å². The fraction of sp³-hybridized carbons (Fsp3) is 0.0909. The summed E-state index contributed by atoms with van der Waals surface area (Å²) in [5.41, 5.74) is 11.7. The molecule has 5 heteroatoms. The summed E-state index contributed by atoms with van der Waals surface area (Å²) in [6, 6.07) is 5.00. The largest absolute Gasteiger partial charge is 0.504 e. The van der Waals surface area contributed by atoms with E-state index in [1.54, 1.807) is 18.2 Å². The minimum atomic E-state index is 0.0270. The van der Waals surface area contributed by atoms with Crippen molar-refractivity contribution in [3.05, 3.63) is 47.0 Å². The third-order valence-corrected chi connectivity index (χ3v) is 1.88. The Balaban J connectivity index is 2.81. The maximum Gasteiger partial charge on any atom is 0.191 e. The number of ether oxygens (including phenoxy) is 1. The van der Waals surface area contributed by atoms with Gasteiger partial charge in [-0.15, -0.1) is 0 Å². The van der Waals surface area contributed by atoms with Crippen LogP contribution < -0.4 is 16.2 Å². The first kappa shape index (κ1) is 12.3. The van der Waals surface area contributed by atoms with Crippen LogP contribution in [0.25, 0.3) is 0 Å². The molecule has 0 radical (unpaired) electrons. The van der Waals surface area contributed by atoms with Gasteiger partial charge in [-0.05, 0) is 30.7 Å². The summed E-state index contributed by atoms with van der Waals surface area (Å²) in [5.74, 6) is 0.392. The topological polar surface area (TPSA) is 81.5 Å². The number of phenolic OH excluding ortho intramolecular Hbond substituents is 1. The highest BCUT2D eigenvalue weighted by molar-refractivity contribution is 6.29. The highest BCUT2D eigenvalue weighted by Gasteiger charge is 2.02. The predicted molar refractivity (Wildman–Crippen MR) is 63.9 cm³/mol. The van der Waals surface area contributed by atoms with Crippen LogP contribution in [0.1, 0.15) is 5.56 Å². The molecule has 0 amide bonds. The second-order valence-electron chi connectivity index (χ2n) is 3.19. The number of nitrogens with two attached hydrogens (primary N) is 2. The molecule has 0 fully saturated rings. The number of hydrogen-bond donors (Lipinski definition) is 3. The molecule has 0 aliphatic carbocycles. The van der Waals surface area contributed by atoms with Crippen molar-refractivity contribution >= 4 is 11.6 Å².